The number of nitrogens with zero attached hydrogens (tertiary/aromatic N) is 1. The molecule has 1 aromatic rings. The van der Waals surface area contributed by atoms with Crippen LogP contribution in [0.1, 0.15) is 26.3 Å². The van der Waals surface area contributed by atoms with Crippen molar-refractivity contribution in [2.75, 3.05) is 12.3 Å². The first-order valence-corrected chi connectivity index (χ1v) is 9.77. The van der Waals surface area contributed by atoms with Crippen molar-refractivity contribution < 1.29 is 13.2 Å². The predicted octanol–water partition coefficient (Wildman–Crippen LogP) is 1.90. The highest BCUT2D eigenvalue weighted by Gasteiger charge is 2.38. The van der Waals surface area contributed by atoms with Gasteiger partial charge in [0.1, 0.15) is 0 Å². The first-order chi connectivity index (χ1) is 9.81. The van der Waals surface area contributed by atoms with Crippen molar-refractivity contribution in [2.24, 2.45) is 0 Å². The van der Waals surface area contributed by atoms with Crippen molar-refractivity contribution in [3.05, 3.63) is 22.4 Å². The molecule has 1 aliphatic rings. The minimum absolute atomic E-state index is 0.0214. The molecule has 0 aliphatic carbocycles. The molecule has 0 spiro atoms. The van der Waals surface area contributed by atoms with E-state index < -0.39 is 15.1 Å². The van der Waals surface area contributed by atoms with Gasteiger partial charge in [-0.05, 0) is 49.6 Å². The van der Waals surface area contributed by atoms with Gasteiger partial charge in [0.05, 0.1) is 11.0 Å². The second-order valence-corrected chi connectivity index (χ2v) is 8.95. The normalized spacial score (nSPS) is 26.3. The van der Waals surface area contributed by atoms with Gasteiger partial charge in [-0.25, -0.2) is 13.2 Å². The van der Waals surface area contributed by atoms with Crippen LogP contribution in [-0.2, 0) is 16.3 Å². The summed E-state index contributed by atoms with van der Waals surface area (Å²) >= 11 is 1.64. The maximum atomic E-state index is 12.3. The molecule has 7 heteroatoms. The number of urea groups is 1. The molecule has 5 nitrogen and oxygen atoms in total. The Kier molecular flexibility index (Phi) is 4.93. The maximum absolute atomic E-state index is 12.3. The molecule has 1 fully saturated rings. The van der Waals surface area contributed by atoms with Gasteiger partial charge in [0.2, 0.25) is 0 Å². The van der Waals surface area contributed by atoms with Gasteiger partial charge in [-0.2, -0.15) is 11.3 Å². The Morgan fingerprint density at radius 1 is 1.52 bits per heavy atom. The third-order valence-electron chi connectivity index (χ3n) is 4.11. The molecule has 2 rings (SSSR count). The molecule has 21 heavy (non-hydrogen) atoms. The fourth-order valence-electron chi connectivity index (χ4n) is 2.56. The van der Waals surface area contributed by atoms with Crippen molar-refractivity contribution in [3.8, 4) is 0 Å². The molecule has 0 saturated carbocycles. The summed E-state index contributed by atoms with van der Waals surface area (Å²) in [6, 6.07) is 1.60. The summed E-state index contributed by atoms with van der Waals surface area (Å²) in [5.74, 6) is 0.0465. The van der Waals surface area contributed by atoms with Gasteiger partial charge in [0, 0.05) is 18.6 Å². The number of carbonyl (C=O) groups is 1. The van der Waals surface area contributed by atoms with Crippen LogP contribution in [-0.4, -0.2) is 49.0 Å². The lowest BCUT2D eigenvalue weighted by molar-refractivity contribution is 0.175. The lowest BCUT2D eigenvalue weighted by atomic mass is 10.1. The lowest BCUT2D eigenvalue weighted by Crippen LogP contribution is -2.57. The van der Waals surface area contributed by atoms with Crippen LogP contribution in [0.3, 0.4) is 0 Å². The highest BCUT2D eigenvalue weighted by molar-refractivity contribution is 7.92. The number of rotatable bonds is 3. The van der Waals surface area contributed by atoms with Crippen molar-refractivity contribution in [2.45, 2.75) is 44.5 Å². The summed E-state index contributed by atoms with van der Waals surface area (Å²) in [6.45, 7) is 5.70. The van der Waals surface area contributed by atoms with E-state index in [2.05, 4.69) is 10.7 Å². The quantitative estimate of drug-likeness (QED) is 0.920. The Morgan fingerprint density at radius 3 is 2.86 bits per heavy atom. The molecule has 1 aromatic heterocycles. The van der Waals surface area contributed by atoms with Gasteiger partial charge >= 0.3 is 6.03 Å². The van der Waals surface area contributed by atoms with E-state index in [1.54, 1.807) is 30.1 Å². The SMILES string of the molecule is C[C@H](Cc1ccsc1)NC(=O)N1CCS(=O)(=O)[C@@H](C)[C@@H]1C. The Labute approximate surface area is 130 Å². The molecule has 1 N–H and O–H groups in total. The van der Waals surface area contributed by atoms with Gasteiger partial charge in [-0.3, -0.25) is 0 Å². The number of nitrogens with one attached hydrogen (secondary N) is 1. The summed E-state index contributed by atoms with van der Waals surface area (Å²) in [5, 5.41) is 6.54. The molecule has 2 amide bonds. The zero-order chi connectivity index (χ0) is 15.6. The molecule has 3 atom stereocenters. The number of thiophene rings is 1. The predicted molar refractivity (Wildman–Crippen MR) is 85.4 cm³/mol. The summed E-state index contributed by atoms with van der Waals surface area (Å²) < 4.78 is 23.7. The van der Waals surface area contributed by atoms with E-state index in [0.717, 1.165) is 6.42 Å². The lowest BCUT2D eigenvalue weighted by Gasteiger charge is -2.38. The average molecular weight is 330 g/mol. The van der Waals surface area contributed by atoms with Crippen LogP contribution in [0.4, 0.5) is 4.79 Å². The van der Waals surface area contributed by atoms with Gasteiger partial charge in [-0.1, -0.05) is 0 Å². The Hall–Kier alpha value is -1.08. The maximum Gasteiger partial charge on any atom is 0.317 e. The van der Waals surface area contributed by atoms with Crippen LogP contribution >= 0.6 is 11.3 Å². The second kappa shape index (κ2) is 6.36. The van der Waals surface area contributed by atoms with Crippen LogP contribution in [0.5, 0.6) is 0 Å². The van der Waals surface area contributed by atoms with E-state index in [-0.39, 0.29) is 30.4 Å². The van der Waals surface area contributed by atoms with Gasteiger partial charge < -0.3 is 10.2 Å². The van der Waals surface area contributed by atoms with Crippen LogP contribution in [0, 0.1) is 0 Å². The summed E-state index contributed by atoms with van der Waals surface area (Å²) in [5.41, 5.74) is 1.20. The van der Waals surface area contributed by atoms with Crippen molar-refractivity contribution in [1.29, 1.82) is 0 Å². The second-order valence-electron chi connectivity index (χ2n) is 5.69. The third-order valence-corrected chi connectivity index (χ3v) is 7.12. The summed E-state index contributed by atoms with van der Waals surface area (Å²) in [7, 11) is -3.07. The van der Waals surface area contributed by atoms with Gasteiger partial charge in [0.25, 0.3) is 0 Å². The fourth-order valence-corrected chi connectivity index (χ4v) is 4.81. The highest BCUT2D eigenvalue weighted by Crippen LogP contribution is 2.19. The zero-order valence-electron chi connectivity index (χ0n) is 12.6. The van der Waals surface area contributed by atoms with Gasteiger partial charge in [0.15, 0.2) is 9.84 Å². The molecule has 0 unspecified atom stereocenters. The Balaban J connectivity index is 1.94. The highest BCUT2D eigenvalue weighted by atomic mass is 32.2. The van der Waals surface area contributed by atoms with Crippen LogP contribution in [0.15, 0.2) is 16.8 Å². The van der Waals surface area contributed by atoms with E-state index in [1.807, 2.05) is 18.4 Å². The van der Waals surface area contributed by atoms with E-state index in [4.69, 9.17) is 0 Å². The van der Waals surface area contributed by atoms with Crippen molar-refractivity contribution in [3.63, 3.8) is 0 Å². The molecular weight excluding hydrogens is 308 g/mol. The van der Waals surface area contributed by atoms with Crippen molar-refractivity contribution in [1.82, 2.24) is 10.2 Å². The first kappa shape index (κ1) is 16.3. The monoisotopic (exact) mass is 330 g/mol. The molecule has 1 aliphatic heterocycles. The zero-order valence-corrected chi connectivity index (χ0v) is 14.2. The van der Waals surface area contributed by atoms with Crippen LogP contribution < -0.4 is 5.32 Å². The van der Waals surface area contributed by atoms with E-state index in [0.29, 0.717) is 0 Å². The number of hydrogen-bond acceptors (Lipinski definition) is 4. The average Bonchev–Trinajstić information content (AvgIpc) is 2.88. The number of sulfone groups is 1. The summed E-state index contributed by atoms with van der Waals surface area (Å²) in [4.78, 5) is 14.0. The number of hydrogen-bond donors (Lipinski definition) is 1. The first-order valence-electron chi connectivity index (χ1n) is 7.11. The molecule has 118 valence electrons. The Morgan fingerprint density at radius 2 is 2.24 bits per heavy atom. The largest absolute Gasteiger partial charge is 0.335 e. The number of carbonyl (C=O) groups excluding carboxylic acids is 1. The summed E-state index contributed by atoms with van der Waals surface area (Å²) in [6.07, 6.45) is 0.783. The van der Waals surface area contributed by atoms with E-state index >= 15 is 0 Å². The smallest absolute Gasteiger partial charge is 0.317 e. The molecular formula is C14H22N2O3S2. The van der Waals surface area contributed by atoms with Crippen LogP contribution in [0.2, 0.25) is 0 Å². The molecule has 1 saturated heterocycles. The number of amides is 2. The third kappa shape index (κ3) is 3.77. The standard InChI is InChI=1S/C14H22N2O3S2/c1-10(8-13-4-6-20-9-13)15-14(17)16-5-7-21(18,19)12(3)11(16)2/h4,6,9-12H,5,7-8H2,1-3H3,(H,15,17)/t10-,11+,12+/m1/s1. The van der Waals surface area contributed by atoms with Crippen LogP contribution in [0.25, 0.3) is 0 Å². The Bertz CT molecular complexity index is 583. The topological polar surface area (TPSA) is 66.5 Å². The van der Waals surface area contributed by atoms with Crippen molar-refractivity contribution >= 4 is 27.2 Å². The molecule has 2 heterocycles. The molecule has 0 aromatic carbocycles. The minimum Gasteiger partial charge on any atom is -0.335 e. The van der Waals surface area contributed by atoms with E-state index in [1.165, 1.54) is 5.56 Å². The molecule has 0 radical (unpaired) electrons. The fraction of sp³-hybridized carbons (Fsp3) is 0.643. The minimum atomic E-state index is -3.07. The van der Waals surface area contributed by atoms with E-state index in [9.17, 15) is 13.2 Å². The van der Waals surface area contributed by atoms with Gasteiger partial charge in [-0.15, -0.1) is 0 Å². The molecule has 0 bridgehead atoms.